The number of hydrogen-bond donors (Lipinski definition) is 0. The molecule has 0 amide bonds. The molecule has 0 aromatic heterocycles. The van der Waals surface area contributed by atoms with Crippen molar-refractivity contribution in [2.24, 2.45) is 0 Å². The van der Waals surface area contributed by atoms with E-state index in [2.05, 4.69) is 0 Å². The van der Waals surface area contributed by atoms with E-state index < -0.39 is 0 Å². The highest BCUT2D eigenvalue weighted by molar-refractivity contribution is 6.31. The third-order valence-corrected chi connectivity index (χ3v) is 4.15. The van der Waals surface area contributed by atoms with Gasteiger partial charge >= 0.3 is 0 Å². The Morgan fingerprint density at radius 2 is 1.55 bits per heavy atom. The minimum atomic E-state index is -0.338. The molecule has 4 heteroatoms. The SMILES string of the molecule is Cc1cc(F)c(CCc2cc(F)c(C)c(Cl)c2)cc1Cl. The van der Waals surface area contributed by atoms with Crippen LogP contribution in [0.3, 0.4) is 0 Å². The zero-order valence-corrected chi connectivity index (χ0v) is 12.7. The summed E-state index contributed by atoms with van der Waals surface area (Å²) in [5, 5.41) is 0.928. The van der Waals surface area contributed by atoms with Crippen molar-refractivity contribution in [1.29, 1.82) is 0 Å². The molecule has 0 aliphatic rings. The van der Waals surface area contributed by atoms with Gasteiger partial charge in [-0.3, -0.25) is 0 Å². The standard InChI is InChI=1S/C16H14Cl2F2/c1-9-5-16(20)12(8-13(9)17)4-3-11-6-14(18)10(2)15(19)7-11/h5-8H,3-4H2,1-2H3. The van der Waals surface area contributed by atoms with Gasteiger partial charge < -0.3 is 0 Å². The lowest BCUT2D eigenvalue weighted by molar-refractivity contribution is 0.605. The predicted octanol–water partition coefficient (Wildman–Crippen LogP) is 5.67. The monoisotopic (exact) mass is 314 g/mol. The number of aryl methyl sites for hydroxylation is 3. The molecule has 0 atom stereocenters. The van der Waals surface area contributed by atoms with E-state index in [-0.39, 0.29) is 11.6 Å². The molecule has 2 rings (SSSR count). The van der Waals surface area contributed by atoms with Gasteiger partial charge in [-0.25, -0.2) is 8.78 Å². The summed E-state index contributed by atoms with van der Waals surface area (Å²) in [5.41, 5.74) is 2.41. The van der Waals surface area contributed by atoms with E-state index in [0.717, 1.165) is 5.56 Å². The summed E-state index contributed by atoms with van der Waals surface area (Å²) < 4.78 is 27.4. The first kappa shape index (κ1) is 15.3. The van der Waals surface area contributed by atoms with E-state index in [4.69, 9.17) is 23.2 Å². The van der Waals surface area contributed by atoms with Crippen LogP contribution in [-0.2, 0) is 12.8 Å². The molecule has 0 heterocycles. The lowest BCUT2D eigenvalue weighted by atomic mass is 10.0. The van der Waals surface area contributed by atoms with E-state index in [1.54, 1.807) is 26.0 Å². The zero-order chi connectivity index (χ0) is 14.9. The van der Waals surface area contributed by atoms with Gasteiger partial charge in [0.2, 0.25) is 0 Å². The van der Waals surface area contributed by atoms with Crippen LogP contribution in [0.25, 0.3) is 0 Å². The number of rotatable bonds is 3. The van der Waals surface area contributed by atoms with Crippen LogP contribution in [0.4, 0.5) is 8.78 Å². The van der Waals surface area contributed by atoms with Gasteiger partial charge in [0.15, 0.2) is 0 Å². The summed E-state index contributed by atoms with van der Waals surface area (Å²) >= 11 is 11.9. The van der Waals surface area contributed by atoms with Crippen molar-refractivity contribution in [1.82, 2.24) is 0 Å². The number of halogens is 4. The van der Waals surface area contributed by atoms with Crippen LogP contribution in [-0.4, -0.2) is 0 Å². The lowest BCUT2D eigenvalue weighted by Gasteiger charge is -2.08. The quantitative estimate of drug-likeness (QED) is 0.684. The summed E-state index contributed by atoms with van der Waals surface area (Å²) in [6, 6.07) is 6.20. The molecule has 0 unspecified atom stereocenters. The van der Waals surface area contributed by atoms with Crippen molar-refractivity contribution in [3.63, 3.8) is 0 Å². The van der Waals surface area contributed by atoms with Gasteiger partial charge in [0.25, 0.3) is 0 Å². The Morgan fingerprint density at radius 1 is 0.850 bits per heavy atom. The molecule has 0 nitrogen and oxygen atoms in total. The van der Waals surface area contributed by atoms with E-state index in [1.807, 2.05) is 0 Å². The van der Waals surface area contributed by atoms with Crippen LogP contribution in [0, 0.1) is 25.5 Å². The molecule has 0 saturated carbocycles. The molecule has 2 aromatic carbocycles. The van der Waals surface area contributed by atoms with Crippen molar-refractivity contribution in [3.05, 3.63) is 68.2 Å². The normalized spacial score (nSPS) is 10.9. The first-order valence-electron chi connectivity index (χ1n) is 6.27. The minimum Gasteiger partial charge on any atom is -0.207 e. The van der Waals surface area contributed by atoms with E-state index in [0.29, 0.717) is 39.6 Å². The number of benzene rings is 2. The van der Waals surface area contributed by atoms with Crippen molar-refractivity contribution in [2.45, 2.75) is 26.7 Å². The third-order valence-electron chi connectivity index (χ3n) is 3.35. The second-order valence-electron chi connectivity index (χ2n) is 4.88. The Balaban J connectivity index is 2.19. The number of hydrogen-bond acceptors (Lipinski definition) is 0. The Kier molecular flexibility index (Phi) is 4.66. The predicted molar refractivity (Wildman–Crippen MR) is 79.7 cm³/mol. The maximum absolute atomic E-state index is 13.8. The molecule has 0 aliphatic carbocycles. The molecule has 0 fully saturated rings. The van der Waals surface area contributed by atoms with E-state index >= 15 is 0 Å². The third kappa shape index (κ3) is 3.31. The molecule has 106 valence electrons. The summed E-state index contributed by atoms with van der Waals surface area (Å²) in [7, 11) is 0. The molecule has 0 saturated heterocycles. The fraction of sp³-hybridized carbons (Fsp3) is 0.250. The van der Waals surface area contributed by atoms with Gasteiger partial charge in [0.1, 0.15) is 11.6 Å². The molecule has 2 aromatic rings. The first-order valence-corrected chi connectivity index (χ1v) is 7.03. The smallest absolute Gasteiger partial charge is 0.127 e. The molecule has 20 heavy (non-hydrogen) atoms. The molecule has 0 radical (unpaired) electrons. The van der Waals surface area contributed by atoms with Gasteiger partial charge in [-0.1, -0.05) is 23.2 Å². The molecular weight excluding hydrogens is 301 g/mol. The van der Waals surface area contributed by atoms with Gasteiger partial charge in [-0.05, 0) is 67.6 Å². The van der Waals surface area contributed by atoms with Crippen molar-refractivity contribution in [3.8, 4) is 0 Å². The van der Waals surface area contributed by atoms with Crippen molar-refractivity contribution in [2.75, 3.05) is 0 Å². The van der Waals surface area contributed by atoms with Crippen LogP contribution < -0.4 is 0 Å². The highest BCUT2D eigenvalue weighted by Gasteiger charge is 2.09. The van der Waals surface area contributed by atoms with Crippen LogP contribution >= 0.6 is 23.2 Å². The molecule has 0 bridgehead atoms. The largest absolute Gasteiger partial charge is 0.207 e. The zero-order valence-electron chi connectivity index (χ0n) is 11.2. The maximum Gasteiger partial charge on any atom is 0.127 e. The molecular formula is C16H14Cl2F2. The highest BCUT2D eigenvalue weighted by atomic mass is 35.5. The average molecular weight is 315 g/mol. The summed E-state index contributed by atoms with van der Waals surface area (Å²) in [5.74, 6) is -0.625. The van der Waals surface area contributed by atoms with E-state index in [9.17, 15) is 8.78 Å². The van der Waals surface area contributed by atoms with Crippen molar-refractivity contribution >= 4 is 23.2 Å². The van der Waals surface area contributed by atoms with Crippen LogP contribution in [0.1, 0.15) is 22.3 Å². The van der Waals surface area contributed by atoms with Crippen molar-refractivity contribution < 1.29 is 8.78 Å². The Hall–Kier alpha value is -1.12. The van der Waals surface area contributed by atoms with E-state index in [1.165, 1.54) is 12.1 Å². The highest BCUT2D eigenvalue weighted by Crippen LogP contribution is 2.24. The lowest BCUT2D eigenvalue weighted by Crippen LogP contribution is -1.98. The Labute approximate surface area is 127 Å². The Morgan fingerprint density at radius 3 is 2.20 bits per heavy atom. The van der Waals surface area contributed by atoms with Gasteiger partial charge in [-0.15, -0.1) is 0 Å². The van der Waals surface area contributed by atoms with Crippen LogP contribution in [0.2, 0.25) is 10.0 Å². The topological polar surface area (TPSA) is 0 Å². The molecule has 0 N–H and O–H groups in total. The second kappa shape index (κ2) is 6.11. The fourth-order valence-corrected chi connectivity index (χ4v) is 2.42. The van der Waals surface area contributed by atoms with Gasteiger partial charge in [-0.2, -0.15) is 0 Å². The Bertz CT molecular complexity index is 628. The molecule has 0 spiro atoms. The summed E-state index contributed by atoms with van der Waals surface area (Å²) in [4.78, 5) is 0. The van der Waals surface area contributed by atoms with Crippen LogP contribution in [0.15, 0.2) is 24.3 Å². The minimum absolute atomic E-state index is 0.286. The van der Waals surface area contributed by atoms with Crippen LogP contribution in [0.5, 0.6) is 0 Å². The maximum atomic E-state index is 13.8. The summed E-state index contributed by atoms with van der Waals surface area (Å²) in [6.45, 7) is 3.38. The second-order valence-corrected chi connectivity index (χ2v) is 5.69. The fourth-order valence-electron chi connectivity index (χ4n) is 2.00. The summed E-state index contributed by atoms with van der Waals surface area (Å²) in [6.07, 6.45) is 0.956. The first-order chi connectivity index (χ1) is 9.38. The van der Waals surface area contributed by atoms with Gasteiger partial charge in [0, 0.05) is 15.6 Å². The average Bonchev–Trinajstić information content (AvgIpc) is 2.38. The molecule has 0 aliphatic heterocycles. The van der Waals surface area contributed by atoms with Gasteiger partial charge in [0.05, 0.1) is 0 Å².